The summed E-state index contributed by atoms with van der Waals surface area (Å²) in [5.41, 5.74) is 0.644. The number of halogens is 1. The lowest BCUT2D eigenvalue weighted by molar-refractivity contribution is -0.120. The van der Waals surface area contributed by atoms with E-state index in [1.165, 1.54) is 0 Å². The second kappa shape index (κ2) is 10.2. The zero-order chi connectivity index (χ0) is 16.4. The van der Waals surface area contributed by atoms with Crippen molar-refractivity contribution in [1.29, 1.82) is 0 Å². The summed E-state index contributed by atoms with van der Waals surface area (Å²) in [5.74, 6) is 0.407. The molecule has 1 aromatic carbocycles. The number of nitrogens with one attached hydrogen (secondary N) is 2. The van der Waals surface area contributed by atoms with Crippen LogP contribution in [-0.4, -0.2) is 29.8 Å². The van der Waals surface area contributed by atoms with Gasteiger partial charge in [-0.2, -0.15) is 0 Å². The molecule has 0 saturated heterocycles. The fraction of sp³-hybridized carbons (Fsp3) is 0.500. The van der Waals surface area contributed by atoms with Crippen molar-refractivity contribution in [1.82, 2.24) is 5.32 Å². The minimum absolute atomic E-state index is 0.0793. The van der Waals surface area contributed by atoms with E-state index >= 15 is 0 Å². The number of carbonyl (C=O) groups excluding carboxylic acids is 2. The Hall–Kier alpha value is -1.56. The first-order valence-electron chi connectivity index (χ1n) is 7.51. The highest BCUT2D eigenvalue weighted by Gasteiger charge is 2.13. The number of hydrogen-bond donors (Lipinski definition) is 2. The van der Waals surface area contributed by atoms with Crippen LogP contribution < -0.4 is 15.4 Å². The number of ether oxygens (including phenoxy) is 1. The summed E-state index contributed by atoms with van der Waals surface area (Å²) in [7, 11) is 0. The van der Waals surface area contributed by atoms with Gasteiger partial charge in [-0.3, -0.25) is 9.59 Å². The summed E-state index contributed by atoms with van der Waals surface area (Å²) >= 11 is 3.32. The van der Waals surface area contributed by atoms with Crippen molar-refractivity contribution in [3.63, 3.8) is 0 Å². The number of carbonyl (C=O) groups is 2. The van der Waals surface area contributed by atoms with Crippen molar-refractivity contribution in [2.45, 2.75) is 37.9 Å². The summed E-state index contributed by atoms with van der Waals surface area (Å²) < 4.78 is 5.45. The summed E-state index contributed by atoms with van der Waals surface area (Å²) in [4.78, 5) is 23.4. The normalized spacial score (nSPS) is 11.6. The molecule has 0 spiro atoms. The number of hydrogen-bond acceptors (Lipinski definition) is 3. The number of anilines is 1. The quantitative estimate of drug-likeness (QED) is 0.656. The molecule has 0 aliphatic heterocycles. The number of benzene rings is 1. The van der Waals surface area contributed by atoms with Gasteiger partial charge in [-0.05, 0) is 25.5 Å². The first-order chi connectivity index (χ1) is 10.6. The molecule has 122 valence electrons. The third kappa shape index (κ3) is 6.47. The van der Waals surface area contributed by atoms with Crippen molar-refractivity contribution in [2.75, 3.05) is 18.5 Å². The maximum absolute atomic E-state index is 11.9. The predicted octanol–water partition coefficient (Wildman–Crippen LogP) is 3.09. The molecule has 5 nitrogen and oxygen atoms in total. The van der Waals surface area contributed by atoms with E-state index in [4.69, 9.17) is 4.74 Å². The van der Waals surface area contributed by atoms with E-state index in [1.807, 2.05) is 26.0 Å². The van der Waals surface area contributed by atoms with Crippen molar-refractivity contribution in [3.8, 4) is 5.75 Å². The monoisotopic (exact) mass is 370 g/mol. The molecule has 22 heavy (non-hydrogen) atoms. The van der Waals surface area contributed by atoms with E-state index < -0.39 is 0 Å². The molecule has 2 N–H and O–H groups in total. The van der Waals surface area contributed by atoms with E-state index in [1.54, 1.807) is 12.1 Å². The fourth-order valence-corrected chi connectivity index (χ4v) is 2.48. The van der Waals surface area contributed by atoms with E-state index in [0.29, 0.717) is 24.6 Å². The number of alkyl halides is 1. The number of rotatable bonds is 9. The Bertz CT molecular complexity index is 494. The molecule has 0 unspecified atom stereocenters. The van der Waals surface area contributed by atoms with Crippen molar-refractivity contribution in [2.24, 2.45) is 0 Å². The van der Waals surface area contributed by atoms with E-state index in [9.17, 15) is 9.59 Å². The largest absolute Gasteiger partial charge is 0.492 e. The van der Waals surface area contributed by atoms with Crippen LogP contribution in [0.1, 0.15) is 33.1 Å². The molecule has 1 aromatic rings. The maximum atomic E-state index is 11.9. The Balaban J connectivity index is 2.39. The lowest BCUT2D eigenvalue weighted by Crippen LogP contribution is -2.33. The third-order valence-electron chi connectivity index (χ3n) is 2.94. The maximum Gasteiger partial charge on any atom is 0.233 e. The molecule has 6 heteroatoms. The van der Waals surface area contributed by atoms with Gasteiger partial charge in [0, 0.05) is 13.0 Å². The van der Waals surface area contributed by atoms with E-state index in [-0.39, 0.29) is 23.1 Å². The highest BCUT2D eigenvalue weighted by atomic mass is 79.9. The highest BCUT2D eigenvalue weighted by molar-refractivity contribution is 9.10. The van der Waals surface area contributed by atoms with Gasteiger partial charge in [0.1, 0.15) is 5.75 Å². The van der Waals surface area contributed by atoms with Crippen molar-refractivity contribution in [3.05, 3.63) is 24.3 Å². The molecule has 1 rings (SSSR count). The van der Waals surface area contributed by atoms with Crippen molar-refractivity contribution >= 4 is 33.4 Å². The Morgan fingerprint density at radius 2 is 2.00 bits per heavy atom. The molecule has 2 amide bonds. The average Bonchev–Trinajstić information content (AvgIpc) is 2.49. The van der Waals surface area contributed by atoms with Gasteiger partial charge in [-0.1, -0.05) is 41.4 Å². The van der Waals surface area contributed by atoms with E-state index in [2.05, 4.69) is 26.6 Å². The topological polar surface area (TPSA) is 67.4 Å². The molecule has 0 saturated carbocycles. The molecule has 0 heterocycles. The van der Waals surface area contributed by atoms with Gasteiger partial charge < -0.3 is 15.4 Å². The minimum Gasteiger partial charge on any atom is -0.492 e. The lowest BCUT2D eigenvalue weighted by Gasteiger charge is -2.12. The van der Waals surface area contributed by atoms with Crippen LogP contribution in [0.3, 0.4) is 0 Å². The second-order valence-corrected chi connectivity index (χ2v) is 5.88. The molecule has 1 atom stereocenters. The van der Waals surface area contributed by atoms with Crippen molar-refractivity contribution < 1.29 is 14.3 Å². The number of amides is 2. The van der Waals surface area contributed by atoms with Gasteiger partial charge in [0.15, 0.2) is 0 Å². The van der Waals surface area contributed by atoms with Gasteiger partial charge >= 0.3 is 0 Å². The summed E-state index contributed by atoms with van der Waals surface area (Å²) in [6, 6.07) is 7.28. The molecule has 0 aromatic heterocycles. The molecule has 0 bridgehead atoms. The summed E-state index contributed by atoms with van der Waals surface area (Å²) in [6.45, 7) is 4.76. The van der Waals surface area contributed by atoms with Crippen LogP contribution in [0.2, 0.25) is 0 Å². The smallest absolute Gasteiger partial charge is 0.233 e. The molecule has 0 aliphatic carbocycles. The Labute approximate surface area is 139 Å². The molecule has 0 radical (unpaired) electrons. The third-order valence-corrected chi connectivity index (χ3v) is 3.81. The second-order valence-electron chi connectivity index (χ2n) is 4.77. The first-order valence-corrected chi connectivity index (χ1v) is 8.43. The Kier molecular flexibility index (Phi) is 8.58. The Morgan fingerprint density at radius 3 is 2.68 bits per heavy atom. The zero-order valence-electron chi connectivity index (χ0n) is 13.0. The molecule has 0 fully saturated rings. The zero-order valence-corrected chi connectivity index (χ0v) is 14.6. The molecular formula is C16H23BrN2O3. The lowest BCUT2D eigenvalue weighted by atomic mass is 10.2. The van der Waals surface area contributed by atoms with E-state index in [0.717, 1.165) is 12.8 Å². The van der Waals surface area contributed by atoms with Gasteiger partial charge in [-0.15, -0.1) is 0 Å². The van der Waals surface area contributed by atoms with Gasteiger partial charge in [0.2, 0.25) is 11.8 Å². The first kappa shape index (κ1) is 18.5. The highest BCUT2D eigenvalue weighted by Crippen LogP contribution is 2.23. The van der Waals surface area contributed by atoms with Crippen LogP contribution in [0.4, 0.5) is 5.69 Å². The van der Waals surface area contributed by atoms with Gasteiger partial charge in [0.25, 0.3) is 0 Å². The Morgan fingerprint density at radius 1 is 1.27 bits per heavy atom. The van der Waals surface area contributed by atoms with Gasteiger partial charge in [-0.25, -0.2) is 0 Å². The average molecular weight is 371 g/mol. The van der Waals surface area contributed by atoms with Crippen LogP contribution in [0.25, 0.3) is 0 Å². The van der Waals surface area contributed by atoms with Crippen LogP contribution in [0.5, 0.6) is 5.75 Å². The fourth-order valence-electron chi connectivity index (χ4n) is 1.86. The number of para-hydroxylation sites is 2. The van der Waals surface area contributed by atoms with Crippen LogP contribution in [-0.2, 0) is 9.59 Å². The van der Waals surface area contributed by atoms with Crippen LogP contribution in [0.15, 0.2) is 24.3 Å². The molecular weight excluding hydrogens is 348 g/mol. The molecule has 0 aliphatic rings. The standard InChI is InChI=1S/C16H23BrN2O3/c1-3-7-12(17)16(21)18-11-10-15(20)19-13-8-5-6-9-14(13)22-4-2/h5-6,8-9,12H,3-4,7,10-11H2,1-2H3,(H,18,21)(H,19,20)/t12-/m1/s1. The summed E-state index contributed by atoms with van der Waals surface area (Å²) in [5, 5.41) is 5.54. The van der Waals surface area contributed by atoms with Gasteiger partial charge in [0.05, 0.1) is 17.1 Å². The SMILES string of the molecule is CCC[C@@H](Br)C(=O)NCCC(=O)Nc1ccccc1OCC. The van der Waals surface area contributed by atoms with Crippen LogP contribution >= 0.6 is 15.9 Å². The summed E-state index contributed by atoms with van der Waals surface area (Å²) in [6.07, 6.45) is 1.93. The van der Waals surface area contributed by atoms with Crippen LogP contribution in [0, 0.1) is 0 Å². The minimum atomic E-state index is -0.195. The predicted molar refractivity (Wildman–Crippen MR) is 91.5 cm³/mol.